The van der Waals surface area contributed by atoms with Crippen molar-refractivity contribution in [2.24, 2.45) is 0 Å². The SMILES string of the molecule is Cc1n[nH]c(C)c1S(=O)(=O)Nc1ccc(Nc2ccc(F)c(F)c2)cn1. The van der Waals surface area contributed by atoms with Gasteiger partial charge in [-0.05, 0) is 38.1 Å². The summed E-state index contributed by atoms with van der Waals surface area (Å²) in [5, 5.41) is 9.33. The highest BCUT2D eigenvalue weighted by Crippen LogP contribution is 2.22. The van der Waals surface area contributed by atoms with Crippen molar-refractivity contribution in [1.82, 2.24) is 15.2 Å². The molecule has 0 fully saturated rings. The lowest BCUT2D eigenvalue weighted by Gasteiger charge is -2.09. The number of H-pyrrole nitrogens is 1. The van der Waals surface area contributed by atoms with Crippen LogP contribution in [0.15, 0.2) is 41.4 Å². The Morgan fingerprint density at radius 3 is 2.35 bits per heavy atom. The maximum absolute atomic E-state index is 13.2. The Balaban J connectivity index is 1.76. The third-order valence-electron chi connectivity index (χ3n) is 3.54. The fourth-order valence-electron chi connectivity index (χ4n) is 2.39. The molecule has 2 aromatic heterocycles. The molecule has 7 nitrogen and oxygen atoms in total. The number of anilines is 3. The number of aryl methyl sites for hydroxylation is 2. The van der Waals surface area contributed by atoms with Gasteiger partial charge in [0.05, 0.1) is 23.3 Å². The number of pyridine rings is 1. The molecule has 0 aliphatic carbocycles. The van der Waals surface area contributed by atoms with E-state index in [4.69, 9.17) is 0 Å². The number of hydrogen-bond donors (Lipinski definition) is 3. The average molecular weight is 379 g/mol. The molecule has 0 bridgehead atoms. The molecule has 3 N–H and O–H groups in total. The molecule has 0 radical (unpaired) electrons. The monoisotopic (exact) mass is 379 g/mol. The van der Waals surface area contributed by atoms with Crippen LogP contribution in [0.25, 0.3) is 0 Å². The van der Waals surface area contributed by atoms with E-state index in [2.05, 4.69) is 25.2 Å². The Morgan fingerprint density at radius 1 is 1.04 bits per heavy atom. The number of nitrogens with one attached hydrogen (secondary N) is 3. The summed E-state index contributed by atoms with van der Waals surface area (Å²) < 4.78 is 53.4. The highest BCUT2D eigenvalue weighted by Gasteiger charge is 2.22. The minimum absolute atomic E-state index is 0.0725. The largest absolute Gasteiger partial charge is 0.354 e. The zero-order chi connectivity index (χ0) is 18.9. The van der Waals surface area contributed by atoms with Crippen molar-refractivity contribution in [2.45, 2.75) is 18.7 Å². The van der Waals surface area contributed by atoms with Crippen LogP contribution < -0.4 is 10.0 Å². The minimum Gasteiger partial charge on any atom is -0.354 e. The smallest absolute Gasteiger partial charge is 0.266 e. The summed E-state index contributed by atoms with van der Waals surface area (Å²) in [4.78, 5) is 4.09. The fourth-order valence-corrected chi connectivity index (χ4v) is 3.78. The molecule has 2 heterocycles. The number of sulfonamides is 1. The average Bonchev–Trinajstić information content (AvgIpc) is 2.92. The van der Waals surface area contributed by atoms with Crippen LogP contribution in [0.5, 0.6) is 0 Å². The van der Waals surface area contributed by atoms with Crippen molar-refractivity contribution in [3.8, 4) is 0 Å². The predicted octanol–water partition coefficient (Wildman–Crippen LogP) is 3.24. The highest BCUT2D eigenvalue weighted by molar-refractivity contribution is 7.92. The highest BCUT2D eigenvalue weighted by atomic mass is 32.2. The van der Waals surface area contributed by atoms with E-state index in [0.717, 1.165) is 12.1 Å². The van der Waals surface area contributed by atoms with Gasteiger partial charge in [-0.15, -0.1) is 0 Å². The second-order valence-corrected chi connectivity index (χ2v) is 7.17. The summed E-state index contributed by atoms with van der Waals surface area (Å²) in [5.41, 5.74) is 1.59. The van der Waals surface area contributed by atoms with Gasteiger partial charge in [0.2, 0.25) is 0 Å². The summed E-state index contributed by atoms with van der Waals surface area (Å²) in [7, 11) is -3.83. The van der Waals surface area contributed by atoms with E-state index < -0.39 is 21.7 Å². The first-order valence-corrected chi connectivity index (χ1v) is 8.97. The lowest BCUT2D eigenvalue weighted by molar-refractivity contribution is 0.509. The van der Waals surface area contributed by atoms with Crippen LogP contribution in [0, 0.1) is 25.5 Å². The van der Waals surface area contributed by atoms with Crippen molar-refractivity contribution >= 4 is 27.2 Å². The molecule has 26 heavy (non-hydrogen) atoms. The Kier molecular flexibility index (Phi) is 4.60. The minimum atomic E-state index is -3.83. The first kappa shape index (κ1) is 17.8. The zero-order valence-electron chi connectivity index (χ0n) is 13.8. The van der Waals surface area contributed by atoms with Crippen molar-refractivity contribution in [1.29, 1.82) is 0 Å². The first-order valence-electron chi connectivity index (χ1n) is 7.49. The van der Waals surface area contributed by atoms with Gasteiger partial charge >= 0.3 is 0 Å². The number of aromatic nitrogens is 3. The molecule has 3 aromatic rings. The number of rotatable bonds is 5. The molecular formula is C16H15F2N5O2S. The van der Waals surface area contributed by atoms with Crippen LogP contribution >= 0.6 is 0 Å². The number of halogens is 2. The molecule has 0 unspecified atom stereocenters. The Hall–Kier alpha value is -3.01. The molecule has 0 atom stereocenters. The van der Waals surface area contributed by atoms with Gasteiger partial charge in [-0.2, -0.15) is 5.10 Å². The third kappa shape index (κ3) is 3.64. The van der Waals surface area contributed by atoms with Gasteiger partial charge in [-0.25, -0.2) is 22.2 Å². The second-order valence-electron chi connectivity index (χ2n) is 5.55. The van der Waals surface area contributed by atoms with E-state index in [-0.39, 0.29) is 10.7 Å². The number of benzene rings is 1. The van der Waals surface area contributed by atoms with E-state index >= 15 is 0 Å². The predicted molar refractivity (Wildman–Crippen MR) is 92.7 cm³/mol. The topological polar surface area (TPSA) is 99.8 Å². The number of nitrogens with zero attached hydrogens (tertiary/aromatic N) is 2. The van der Waals surface area contributed by atoms with Gasteiger partial charge in [0.25, 0.3) is 10.0 Å². The Morgan fingerprint density at radius 2 is 1.77 bits per heavy atom. The van der Waals surface area contributed by atoms with Crippen molar-refractivity contribution in [3.05, 3.63) is 59.6 Å². The molecule has 0 saturated heterocycles. The molecule has 0 amide bonds. The van der Waals surface area contributed by atoms with Crippen LogP contribution in [0.2, 0.25) is 0 Å². The summed E-state index contributed by atoms with van der Waals surface area (Å²) in [6.07, 6.45) is 1.37. The molecule has 3 rings (SSSR count). The molecule has 136 valence electrons. The van der Waals surface area contributed by atoms with Crippen molar-refractivity contribution in [3.63, 3.8) is 0 Å². The molecule has 0 spiro atoms. The fraction of sp³-hybridized carbons (Fsp3) is 0.125. The van der Waals surface area contributed by atoms with E-state index in [1.165, 1.54) is 18.3 Å². The zero-order valence-corrected chi connectivity index (χ0v) is 14.7. The quantitative estimate of drug-likeness (QED) is 0.632. The first-order chi connectivity index (χ1) is 12.3. The molecule has 10 heteroatoms. The number of aromatic amines is 1. The van der Waals surface area contributed by atoms with E-state index in [9.17, 15) is 17.2 Å². The molecule has 0 aliphatic heterocycles. The van der Waals surface area contributed by atoms with Crippen LogP contribution in [0.1, 0.15) is 11.4 Å². The standard InChI is InChI=1S/C16H15F2N5O2S/c1-9-16(10(2)22-21-9)26(24,25)23-15-6-4-12(8-19-15)20-11-3-5-13(17)14(18)7-11/h3-8,20H,1-2H3,(H,19,23)(H,21,22). The van der Waals surface area contributed by atoms with Gasteiger partial charge in [-0.1, -0.05) is 0 Å². The van der Waals surface area contributed by atoms with Crippen molar-refractivity contribution in [2.75, 3.05) is 10.0 Å². The maximum Gasteiger partial charge on any atom is 0.266 e. The van der Waals surface area contributed by atoms with E-state index in [0.29, 0.717) is 22.8 Å². The van der Waals surface area contributed by atoms with E-state index in [1.54, 1.807) is 19.9 Å². The third-order valence-corrected chi connectivity index (χ3v) is 5.16. The normalized spacial score (nSPS) is 11.4. The summed E-state index contributed by atoms with van der Waals surface area (Å²) in [5.74, 6) is -1.80. The Labute approximate surface area is 148 Å². The van der Waals surface area contributed by atoms with Crippen LogP contribution in [0.4, 0.5) is 26.0 Å². The summed E-state index contributed by atoms with van der Waals surface area (Å²) in [6, 6.07) is 6.39. The van der Waals surface area contributed by atoms with Crippen LogP contribution in [0.3, 0.4) is 0 Å². The molecule has 0 saturated carbocycles. The van der Waals surface area contributed by atoms with Crippen LogP contribution in [-0.4, -0.2) is 23.6 Å². The van der Waals surface area contributed by atoms with Crippen LogP contribution in [-0.2, 0) is 10.0 Å². The maximum atomic E-state index is 13.2. The van der Waals surface area contributed by atoms with Crippen molar-refractivity contribution < 1.29 is 17.2 Å². The lowest BCUT2D eigenvalue weighted by atomic mass is 10.3. The van der Waals surface area contributed by atoms with Gasteiger partial charge in [0.1, 0.15) is 10.7 Å². The number of hydrogen-bond acceptors (Lipinski definition) is 5. The molecule has 0 aliphatic rings. The Bertz CT molecular complexity index is 1030. The summed E-state index contributed by atoms with van der Waals surface area (Å²) >= 11 is 0. The van der Waals surface area contributed by atoms with Gasteiger partial charge < -0.3 is 5.32 Å². The van der Waals surface area contributed by atoms with Gasteiger partial charge in [0, 0.05) is 11.8 Å². The van der Waals surface area contributed by atoms with Gasteiger partial charge in [0.15, 0.2) is 11.6 Å². The second kappa shape index (κ2) is 6.71. The lowest BCUT2D eigenvalue weighted by Crippen LogP contribution is -2.15. The van der Waals surface area contributed by atoms with E-state index in [1.807, 2.05) is 0 Å². The molecule has 1 aromatic carbocycles. The van der Waals surface area contributed by atoms with Gasteiger partial charge in [-0.3, -0.25) is 9.82 Å². The molecular weight excluding hydrogens is 364 g/mol. The summed E-state index contributed by atoms with van der Waals surface area (Å²) in [6.45, 7) is 3.19.